The summed E-state index contributed by atoms with van der Waals surface area (Å²) in [5, 5.41) is 25.6. The quantitative estimate of drug-likeness (QED) is 0.158. The van der Waals surface area contributed by atoms with Gasteiger partial charge in [-0.15, -0.1) is 0 Å². The van der Waals surface area contributed by atoms with Gasteiger partial charge in [-0.3, -0.25) is 19.2 Å². The number of aliphatic hydroxyl groups is 1. The van der Waals surface area contributed by atoms with E-state index >= 15 is 0 Å². The molecule has 5 atom stereocenters. The highest BCUT2D eigenvalue weighted by Crippen LogP contribution is 2.10. The number of hydrogen-bond acceptors (Lipinski definition) is 7. The predicted molar refractivity (Wildman–Crippen MR) is 107 cm³/mol. The molecule has 9 N–H and O–H groups in total. The van der Waals surface area contributed by atoms with Crippen LogP contribution in [0.3, 0.4) is 0 Å². The molecular weight excluding hydrogens is 382 g/mol. The minimum absolute atomic E-state index is 0.267. The van der Waals surface area contributed by atoms with E-state index in [1.807, 2.05) is 6.92 Å². The number of hydrogen-bond donors (Lipinski definition) is 7. The zero-order valence-corrected chi connectivity index (χ0v) is 17.3. The van der Waals surface area contributed by atoms with Crippen LogP contribution in [0.25, 0.3) is 0 Å². The predicted octanol–water partition coefficient (Wildman–Crippen LogP) is -1.96. The minimum Gasteiger partial charge on any atom is -0.480 e. The van der Waals surface area contributed by atoms with Gasteiger partial charge >= 0.3 is 5.97 Å². The number of nitrogens with one attached hydrogen (secondary N) is 3. The summed E-state index contributed by atoms with van der Waals surface area (Å²) >= 11 is 0. The van der Waals surface area contributed by atoms with Gasteiger partial charge in [0, 0.05) is 0 Å². The Kier molecular flexibility index (Phi) is 12.8. The van der Waals surface area contributed by atoms with Crippen LogP contribution in [0.4, 0.5) is 0 Å². The fraction of sp³-hybridized carbons (Fsp3) is 0.778. The molecule has 0 bridgehead atoms. The van der Waals surface area contributed by atoms with Gasteiger partial charge in [0.1, 0.15) is 24.7 Å². The normalized spacial score (nSPS) is 16.1. The van der Waals surface area contributed by atoms with E-state index in [9.17, 15) is 24.3 Å². The summed E-state index contributed by atoms with van der Waals surface area (Å²) in [6.45, 7) is 4.80. The van der Waals surface area contributed by atoms with Crippen molar-refractivity contribution in [3.63, 3.8) is 0 Å². The number of carboxylic acid groups (broad SMARTS) is 1. The van der Waals surface area contributed by atoms with Crippen molar-refractivity contribution in [2.45, 2.75) is 70.7 Å². The average Bonchev–Trinajstić information content (AvgIpc) is 2.67. The molecule has 0 saturated heterocycles. The second-order valence-corrected chi connectivity index (χ2v) is 7.10. The summed E-state index contributed by atoms with van der Waals surface area (Å²) in [5.74, 6) is -3.38. The van der Waals surface area contributed by atoms with Crippen molar-refractivity contribution < 1.29 is 29.4 Å². The van der Waals surface area contributed by atoms with E-state index in [0.29, 0.717) is 25.8 Å². The van der Waals surface area contributed by atoms with Crippen molar-refractivity contribution in [1.82, 2.24) is 16.0 Å². The maximum Gasteiger partial charge on any atom is 0.322 e. The molecule has 11 heteroatoms. The summed E-state index contributed by atoms with van der Waals surface area (Å²) in [5.41, 5.74) is 11.1. The SMILES string of the molecule is CCC(C)C(NC(=O)C(N)C(C)O)C(=O)NC(CCCCN)C(=O)NCC(=O)O. The molecule has 0 aliphatic rings. The van der Waals surface area contributed by atoms with Gasteiger partial charge in [-0.25, -0.2) is 0 Å². The Hall–Kier alpha value is -2.24. The topological polar surface area (TPSA) is 197 Å². The molecule has 0 aliphatic heterocycles. The van der Waals surface area contributed by atoms with E-state index in [4.69, 9.17) is 16.6 Å². The summed E-state index contributed by atoms with van der Waals surface area (Å²) in [7, 11) is 0. The second-order valence-electron chi connectivity index (χ2n) is 7.10. The first-order chi connectivity index (χ1) is 13.5. The number of aliphatic hydroxyl groups excluding tert-OH is 1. The highest BCUT2D eigenvalue weighted by Gasteiger charge is 2.31. The highest BCUT2D eigenvalue weighted by molar-refractivity contribution is 5.93. The van der Waals surface area contributed by atoms with Crippen molar-refractivity contribution in [3.05, 3.63) is 0 Å². The van der Waals surface area contributed by atoms with Gasteiger partial charge in [-0.05, 0) is 38.6 Å². The van der Waals surface area contributed by atoms with Gasteiger partial charge in [0.2, 0.25) is 17.7 Å². The zero-order chi connectivity index (χ0) is 22.6. The van der Waals surface area contributed by atoms with Crippen LogP contribution in [0.1, 0.15) is 46.5 Å². The standard InChI is InChI=1S/C18H35N5O6/c1-4-10(2)15(23-17(28)14(20)11(3)24)18(29)22-12(7-5-6-8-19)16(27)21-9-13(25)26/h10-12,14-15,24H,4-9,19-20H2,1-3H3,(H,21,27)(H,22,29)(H,23,28)(H,25,26). The van der Waals surface area contributed by atoms with E-state index in [1.165, 1.54) is 6.92 Å². The molecular formula is C18H35N5O6. The molecule has 0 heterocycles. The summed E-state index contributed by atoms with van der Waals surface area (Å²) in [6.07, 6.45) is 0.915. The highest BCUT2D eigenvalue weighted by atomic mass is 16.4. The Morgan fingerprint density at radius 1 is 1.00 bits per heavy atom. The number of carbonyl (C=O) groups is 4. The average molecular weight is 418 g/mol. The maximum atomic E-state index is 12.8. The van der Waals surface area contributed by atoms with Crippen LogP contribution in [0.15, 0.2) is 0 Å². The molecule has 0 spiro atoms. The Bertz CT molecular complexity index is 557. The molecule has 168 valence electrons. The smallest absolute Gasteiger partial charge is 0.322 e. The first kappa shape index (κ1) is 26.8. The molecule has 0 saturated carbocycles. The number of carboxylic acids is 1. The van der Waals surface area contributed by atoms with Crippen molar-refractivity contribution in [2.24, 2.45) is 17.4 Å². The number of unbranched alkanes of at least 4 members (excludes halogenated alkanes) is 1. The van der Waals surface area contributed by atoms with Crippen LogP contribution < -0.4 is 27.4 Å². The number of amides is 3. The molecule has 5 unspecified atom stereocenters. The van der Waals surface area contributed by atoms with Gasteiger partial charge in [-0.2, -0.15) is 0 Å². The van der Waals surface area contributed by atoms with Crippen LogP contribution in [0, 0.1) is 5.92 Å². The van der Waals surface area contributed by atoms with Gasteiger partial charge in [0.25, 0.3) is 0 Å². The lowest BCUT2D eigenvalue weighted by Crippen LogP contribution is -2.59. The van der Waals surface area contributed by atoms with Crippen molar-refractivity contribution in [2.75, 3.05) is 13.1 Å². The third-order valence-corrected chi connectivity index (χ3v) is 4.61. The minimum atomic E-state index is -1.21. The first-order valence-electron chi connectivity index (χ1n) is 9.79. The lowest BCUT2D eigenvalue weighted by atomic mass is 9.96. The lowest BCUT2D eigenvalue weighted by molar-refractivity contribution is -0.138. The van der Waals surface area contributed by atoms with E-state index in [0.717, 1.165) is 0 Å². The number of carbonyl (C=O) groups excluding carboxylic acids is 3. The molecule has 0 rings (SSSR count). The second kappa shape index (κ2) is 13.9. The van der Waals surface area contributed by atoms with E-state index in [-0.39, 0.29) is 12.3 Å². The molecule has 0 aliphatic carbocycles. The number of aliphatic carboxylic acids is 1. The Balaban J connectivity index is 5.28. The monoisotopic (exact) mass is 417 g/mol. The molecule has 0 aromatic carbocycles. The van der Waals surface area contributed by atoms with Crippen molar-refractivity contribution in [1.29, 1.82) is 0 Å². The zero-order valence-electron chi connectivity index (χ0n) is 17.3. The van der Waals surface area contributed by atoms with E-state index < -0.39 is 54.5 Å². The van der Waals surface area contributed by atoms with Crippen LogP contribution in [0.5, 0.6) is 0 Å². The van der Waals surface area contributed by atoms with Crippen LogP contribution in [-0.2, 0) is 19.2 Å². The lowest BCUT2D eigenvalue weighted by Gasteiger charge is -2.27. The van der Waals surface area contributed by atoms with Gasteiger partial charge < -0.3 is 37.6 Å². The van der Waals surface area contributed by atoms with Gasteiger partial charge in [0.05, 0.1) is 6.10 Å². The molecule has 0 fully saturated rings. The van der Waals surface area contributed by atoms with E-state index in [2.05, 4.69) is 16.0 Å². The fourth-order valence-corrected chi connectivity index (χ4v) is 2.48. The Labute approximate surface area is 171 Å². The summed E-state index contributed by atoms with van der Waals surface area (Å²) in [6, 6.07) is -3.14. The van der Waals surface area contributed by atoms with Crippen LogP contribution in [0.2, 0.25) is 0 Å². The third kappa shape index (κ3) is 10.2. The Morgan fingerprint density at radius 3 is 2.10 bits per heavy atom. The Morgan fingerprint density at radius 2 is 1.62 bits per heavy atom. The number of nitrogens with two attached hydrogens (primary N) is 2. The largest absolute Gasteiger partial charge is 0.480 e. The fourth-order valence-electron chi connectivity index (χ4n) is 2.48. The van der Waals surface area contributed by atoms with Crippen LogP contribution in [-0.4, -0.2) is 71.2 Å². The summed E-state index contributed by atoms with van der Waals surface area (Å²) < 4.78 is 0. The number of rotatable bonds is 14. The van der Waals surface area contributed by atoms with Crippen molar-refractivity contribution in [3.8, 4) is 0 Å². The molecule has 11 nitrogen and oxygen atoms in total. The molecule has 0 radical (unpaired) electrons. The van der Waals surface area contributed by atoms with Gasteiger partial charge in [-0.1, -0.05) is 20.3 Å². The third-order valence-electron chi connectivity index (χ3n) is 4.61. The first-order valence-corrected chi connectivity index (χ1v) is 9.79. The van der Waals surface area contributed by atoms with Crippen LogP contribution >= 0.6 is 0 Å². The van der Waals surface area contributed by atoms with E-state index in [1.54, 1.807) is 6.92 Å². The molecule has 3 amide bonds. The van der Waals surface area contributed by atoms with Gasteiger partial charge in [0.15, 0.2) is 0 Å². The van der Waals surface area contributed by atoms with Crippen molar-refractivity contribution >= 4 is 23.7 Å². The molecule has 0 aromatic rings. The summed E-state index contributed by atoms with van der Waals surface area (Å²) in [4.78, 5) is 48.0. The molecule has 29 heavy (non-hydrogen) atoms. The maximum absolute atomic E-state index is 12.8. The molecule has 0 aromatic heterocycles.